The van der Waals surface area contributed by atoms with E-state index in [-0.39, 0.29) is 29.5 Å². The number of hydrogen-bond acceptors (Lipinski definition) is 5. The summed E-state index contributed by atoms with van der Waals surface area (Å²) in [7, 11) is 0. The van der Waals surface area contributed by atoms with Crippen molar-refractivity contribution in [3.05, 3.63) is 47.5 Å². The van der Waals surface area contributed by atoms with Gasteiger partial charge in [0.1, 0.15) is 11.5 Å². The van der Waals surface area contributed by atoms with E-state index < -0.39 is 6.10 Å². The summed E-state index contributed by atoms with van der Waals surface area (Å²) in [6, 6.07) is 9.03. The molecule has 0 radical (unpaired) electrons. The molecule has 0 saturated heterocycles. The normalized spacial score (nSPS) is 17.4. The third-order valence-electron chi connectivity index (χ3n) is 3.30. The van der Waals surface area contributed by atoms with Gasteiger partial charge < -0.3 is 20.1 Å². The number of carbonyl (C=O) groups excluding carboxylic acids is 1. The fourth-order valence-electron chi connectivity index (χ4n) is 2.25. The van der Waals surface area contributed by atoms with Crippen molar-refractivity contribution < 1.29 is 24.9 Å². The van der Waals surface area contributed by atoms with Crippen LogP contribution in [-0.2, 0) is 11.2 Å². The van der Waals surface area contributed by atoms with E-state index in [0.29, 0.717) is 16.9 Å². The predicted molar refractivity (Wildman–Crippen MR) is 70.0 cm³/mol. The molecule has 0 aromatic heterocycles. The molecule has 2 aromatic rings. The Bertz CT molecular complexity index is 675. The standard InChI is InChI=1S/C15H12O5/c16-9-3-1-8(2-4-9)15-12(18)7-10-13(20-15)6-5-11(17)14(10)19/h1-6,15-17,19H,7H2. The fraction of sp³-hybridized carbons (Fsp3) is 0.133. The van der Waals surface area contributed by atoms with Crippen LogP contribution in [0.3, 0.4) is 0 Å². The van der Waals surface area contributed by atoms with Gasteiger partial charge in [0, 0.05) is 17.5 Å². The van der Waals surface area contributed by atoms with Crippen molar-refractivity contribution in [1.82, 2.24) is 0 Å². The van der Waals surface area contributed by atoms with Crippen molar-refractivity contribution in [3.63, 3.8) is 0 Å². The number of phenols is 3. The maximum Gasteiger partial charge on any atom is 0.182 e. The Morgan fingerprint density at radius 2 is 1.70 bits per heavy atom. The average molecular weight is 272 g/mol. The molecule has 102 valence electrons. The number of ketones is 1. The topological polar surface area (TPSA) is 87.0 Å². The van der Waals surface area contributed by atoms with E-state index in [1.165, 1.54) is 24.3 Å². The maximum absolute atomic E-state index is 12.1. The Morgan fingerprint density at radius 1 is 1.00 bits per heavy atom. The van der Waals surface area contributed by atoms with Crippen LogP contribution in [0.15, 0.2) is 36.4 Å². The van der Waals surface area contributed by atoms with Gasteiger partial charge in [-0.1, -0.05) is 12.1 Å². The maximum atomic E-state index is 12.1. The lowest BCUT2D eigenvalue weighted by Gasteiger charge is -2.26. The molecule has 3 N–H and O–H groups in total. The van der Waals surface area contributed by atoms with Gasteiger partial charge in [-0.2, -0.15) is 0 Å². The Labute approximate surface area is 114 Å². The Balaban J connectivity index is 1.99. The monoisotopic (exact) mass is 272 g/mol. The highest BCUT2D eigenvalue weighted by molar-refractivity contribution is 5.89. The molecule has 1 atom stereocenters. The van der Waals surface area contributed by atoms with Crippen LogP contribution in [-0.4, -0.2) is 21.1 Å². The molecule has 0 bridgehead atoms. The highest BCUT2D eigenvalue weighted by atomic mass is 16.5. The second-order valence-electron chi connectivity index (χ2n) is 4.64. The van der Waals surface area contributed by atoms with Gasteiger partial charge in [-0.15, -0.1) is 0 Å². The lowest BCUT2D eigenvalue weighted by molar-refractivity contribution is -0.126. The van der Waals surface area contributed by atoms with Crippen LogP contribution < -0.4 is 4.74 Å². The van der Waals surface area contributed by atoms with Crippen molar-refractivity contribution >= 4 is 5.78 Å². The third kappa shape index (κ3) is 1.93. The van der Waals surface area contributed by atoms with Crippen LogP contribution in [0.25, 0.3) is 0 Å². The molecule has 3 rings (SSSR count). The molecular weight excluding hydrogens is 260 g/mol. The Hall–Kier alpha value is -2.69. The molecule has 5 heteroatoms. The zero-order valence-electron chi connectivity index (χ0n) is 10.4. The van der Waals surface area contributed by atoms with Crippen LogP contribution in [0.2, 0.25) is 0 Å². The van der Waals surface area contributed by atoms with Gasteiger partial charge in [-0.3, -0.25) is 4.79 Å². The minimum atomic E-state index is -0.771. The van der Waals surface area contributed by atoms with Crippen LogP contribution in [0.4, 0.5) is 0 Å². The molecule has 0 fully saturated rings. The lowest BCUT2D eigenvalue weighted by atomic mass is 9.95. The Morgan fingerprint density at radius 3 is 2.40 bits per heavy atom. The summed E-state index contributed by atoms with van der Waals surface area (Å²) < 4.78 is 5.60. The minimum Gasteiger partial charge on any atom is -0.508 e. The van der Waals surface area contributed by atoms with E-state index in [1.807, 2.05) is 0 Å². The minimum absolute atomic E-state index is 0.0128. The van der Waals surface area contributed by atoms with Gasteiger partial charge in [0.15, 0.2) is 23.4 Å². The summed E-state index contributed by atoms with van der Waals surface area (Å²) in [6.45, 7) is 0. The zero-order valence-corrected chi connectivity index (χ0v) is 10.4. The van der Waals surface area contributed by atoms with E-state index in [4.69, 9.17) is 4.74 Å². The third-order valence-corrected chi connectivity index (χ3v) is 3.30. The number of Topliss-reactive ketones (excluding diaryl/α,β-unsaturated/α-hetero) is 1. The van der Waals surface area contributed by atoms with Gasteiger partial charge in [-0.05, 0) is 24.3 Å². The predicted octanol–water partition coefficient (Wildman–Crippen LogP) is 2.05. The number of ether oxygens (including phenoxy) is 1. The molecule has 1 unspecified atom stereocenters. The number of hydrogen-bond donors (Lipinski definition) is 3. The highest BCUT2D eigenvalue weighted by Crippen LogP contribution is 2.41. The van der Waals surface area contributed by atoms with E-state index >= 15 is 0 Å². The molecule has 0 aliphatic carbocycles. The Kier molecular flexibility index (Phi) is 2.75. The van der Waals surface area contributed by atoms with Crippen molar-refractivity contribution in [1.29, 1.82) is 0 Å². The van der Waals surface area contributed by atoms with Crippen molar-refractivity contribution in [2.24, 2.45) is 0 Å². The smallest absolute Gasteiger partial charge is 0.182 e. The molecule has 2 aromatic carbocycles. The first-order valence-corrected chi connectivity index (χ1v) is 6.08. The average Bonchev–Trinajstić information content (AvgIpc) is 2.44. The number of aromatic hydroxyl groups is 3. The van der Waals surface area contributed by atoms with Crippen LogP contribution in [0, 0.1) is 0 Å². The molecule has 0 saturated carbocycles. The number of phenolic OH excluding ortho intramolecular Hbond substituents is 3. The summed E-state index contributed by atoms with van der Waals surface area (Å²) in [5, 5.41) is 28.4. The quantitative estimate of drug-likeness (QED) is 0.692. The largest absolute Gasteiger partial charge is 0.508 e. The molecule has 1 aliphatic heterocycles. The molecule has 1 heterocycles. The lowest BCUT2D eigenvalue weighted by Crippen LogP contribution is -2.25. The zero-order chi connectivity index (χ0) is 14.3. The van der Waals surface area contributed by atoms with Crippen LogP contribution in [0.1, 0.15) is 17.2 Å². The fourth-order valence-corrected chi connectivity index (χ4v) is 2.25. The van der Waals surface area contributed by atoms with E-state index in [9.17, 15) is 20.1 Å². The molecular formula is C15H12O5. The second kappa shape index (κ2) is 4.45. The highest BCUT2D eigenvalue weighted by Gasteiger charge is 2.31. The summed E-state index contributed by atoms with van der Waals surface area (Å²) in [6.07, 6.45) is -0.784. The number of carbonyl (C=O) groups is 1. The molecule has 5 nitrogen and oxygen atoms in total. The van der Waals surface area contributed by atoms with Gasteiger partial charge in [0.05, 0.1) is 0 Å². The van der Waals surface area contributed by atoms with Gasteiger partial charge >= 0.3 is 0 Å². The number of benzene rings is 2. The van der Waals surface area contributed by atoms with Crippen LogP contribution in [0.5, 0.6) is 23.0 Å². The molecule has 0 spiro atoms. The van der Waals surface area contributed by atoms with Crippen molar-refractivity contribution in [2.75, 3.05) is 0 Å². The van der Waals surface area contributed by atoms with Crippen molar-refractivity contribution in [2.45, 2.75) is 12.5 Å². The number of fused-ring (bicyclic) bond motifs is 1. The second-order valence-corrected chi connectivity index (χ2v) is 4.64. The summed E-state index contributed by atoms with van der Waals surface area (Å²) in [5.41, 5.74) is 0.927. The van der Waals surface area contributed by atoms with E-state index in [2.05, 4.69) is 0 Å². The van der Waals surface area contributed by atoms with Gasteiger partial charge in [-0.25, -0.2) is 0 Å². The SMILES string of the molecule is O=C1Cc2c(ccc(O)c2O)OC1c1ccc(O)cc1. The molecule has 20 heavy (non-hydrogen) atoms. The van der Waals surface area contributed by atoms with Gasteiger partial charge in [0.2, 0.25) is 0 Å². The van der Waals surface area contributed by atoms with E-state index in [0.717, 1.165) is 0 Å². The summed E-state index contributed by atoms with van der Waals surface area (Å²) >= 11 is 0. The molecule has 1 aliphatic rings. The first-order valence-electron chi connectivity index (χ1n) is 6.08. The van der Waals surface area contributed by atoms with E-state index in [1.54, 1.807) is 12.1 Å². The summed E-state index contributed by atoms with van der Waals surface area (Å²) in [5.74, 6) is -0.328. The summed E-state index contributed by atoms with van der Waals surface area (Å²) in [4.78, 5) is 12.1. The number of rotatable bonds is 1. The van der Waals surface area contributed by atoms with Crippen LogP contribution >= 0.6 is 0 Å². The molecule has 0 amide bonds. The first-order chi connectivity index (χ1) is 9.56. The first kappa shape index (κ1) is 12.3. The van der Waals surface area contributed by atoms with Gasteiger partial charge in [0.25, 0.3) is 0 Å². The van der Waals surface area contributed by atoms with Crippen molar-refractivity contribution in [3.8, 4) is 23.0 Å².